The van der Waals surface area contributed by atoms with Crippen LogP contribution < -0.4 is 5.73 Å². The van der Waals surface area contributed by atoms with Crippen molar-refractivity contribution in [1.29, 1.82) is 0 Å². The average Bonchev–Trinajstić information content (AvgIpc) is 2.46. The van der Waals surface area contributed by atoms with Gasteiger partial charge in [0.05, 0.1) is 0 Å². The second kappa shape index (κ2) is 6.92. The minimum Gasteiger partial charge on any atom is -0.342 e. The molecule has 1 aliphatic heterocycles. The van der Waals surface area contributed by atoms with Crippen LogP contribution in [0, 0.1) is 5.92 Å². The molecule has 0 aliphatic carbocycles. The maximum Gasteiger partial charge on any atom is 0.222 e. The van der Waals surface area contributed by atoms with Crippen molar-refractivity contribution < 1.29 is 4.79 Å². The molecule has 1 amide bonds. The number of likely N-dealkylation sites (tertiary alicyclic amines) is 1. The van der Waals surface area contributed by atoms with Gasteiger partial charge in [-0.05, 0) is 49.4 Å². The topological polar surface area (TPSA) is 46.3 Å². The largest absolute Gasteiger partial charge is 0.342 e. The molecule has 19 heavy (non-hydrogen) atoms. The summed E-state index contributed by atoms with van der Waals surface area (Å²) in [5.41, 5.74) is 6.85. The first-order valence-electron chi connectivity index (χ1n) is 6.91. The van der Waals surface area contributed by atoms with Crippen LogP contribution in [0.1, 0.15) is 24.8 Å². The smallest absolute Gasteiger partial charge is 0.222 e. The third kappa shape index (κ3) is 4.22. The summed E-state index contributed by atoms with van der Waals surface area (Å²) in [6.45, 7) is 2.40. The normalized spacial score (nSPS) is 19.5. The summed E-state index contributed by atoms with van der Waals surface area (Å²) in [5.74, 6) is 0.723. The summed E-state index contributed by atoms with van der Waals surface area (Å²) >= 11 is 5.84. The molecule has 0 bridgehead atoms. The number of halogens is 1. The predicted octanol–water partition coefficient (Wildman–Crippen LogP) is 2.47. The molecule has 104 valence electrons. The van der Waals surface area contributed by atoms with Crippen molar-refractivity contribution >= 4 is 17.5 Å². The minimum absolute atomic E-state index is 0.244. The molecule has 1 heterocycles. The van der Waals surface area contributed by atoms with Crippen LogP contribution in [0.4, 0.5) is 0 Å². The number of rotatable bonds is 4. The monoisotopic (exact) mass is 280 g/mol. The van der Waals surface area contributed by atoms with Crippen LogP contribution in [-0.2, 0) is 11.2 Å². The van der Waals surface area contributed by atoms with Crippen LogP contribution in [-0.4, -0.2) is 30.4 Å². The van der Waals surface area contributed by atoms with Gasteiger partial charge in [-0.3, -0.25) is 4.79 Å². The number of hydrogen-bond donors (Lipinski definition) is 1. The lowest BCUT2D eigenvalue weighted by atomic mass is 9.98. The molecule has 0 radical (unpaired) electrons. The van der Waals surface area contributed by atoms with Crippen LogP contribution in [0.3, 0.4) is 0 Å². The molecule has 1 aromatic rings. The molecule has 1 aliphatic rings. The number of amides is 1. The number of benzene rings is 1. The summed E-state index contributed by atoms with van der Waals surface area (Å²) in [5, 5.41) is 0.733. The lowest BCUT2D eigenvalue weighted by Gasteiger charge is -2.32. The van der Waals surface area contributed by atoms with Crippen molar-refractivity contribution in [2.75, 3.05) is 19.6 Å². The molecule has 1 unspecified atom stereocenters. The number of carbonyl (C=O) groups is 1. The number of piperidine rings is 1. The van der Waals surface area contributed by atoms with Gasteiger partial charge in [-0.25, -0.2) is 0 Å². The van der Waals surface area contributed by atoms with E-state index < -0.39 is 0 Å². The Morgan fingerprint density at radius 2 is 2.11 bits per heavy atom. The number of aryl methyl sites for hydroxylation is 1. The number of hydrogen-bond acceptors (Lipinski definition) is 2. The summed E-state index contributed by atoms with van der Waals surface area (Å²) < 4.78 is 0. The first-order chi connectivity index (χ1) is 9.19. The molecular weight excluding hydrogens is 260 g/mol. The van der Waals surface area contributed by atoms with Gasteiger partial charge in [0.1, 0.15) is 0 Å². The Morgan fingerprint density at radius 1 is 1.37 bits per heavy atom. The standard InChI is InChI=1S/C15H21ClN2O/c16-14-6-3-12(4-7-14)5-8-15(19)18-9-1-2-13(10-17)11-18/h3-4,6-7,13H,1-2,5,8-11,17H2. The van der Waals surface area contributed by atoms with Gasteiger partial charge in [0.15, 0.2) is 0 Å². The molecule has 4 heteroatoms. The summed E-state index contributed by atoms with van der Waals surface area (Å²) in [7, 11) is 0. The highest BCUT2D eigenvalue weighted by Crippen LogP contribution is 2.17. The van der Waals surface area contributed by atoms with E-state index in [4.69, 9.17) is 17.3 Å². The highest BCUT2D eigenvalue weighted by molar-refractivity contribution is 6.30. The average molecular weight is 281 g/mol. The maximum atomic E-state index is 12.2. The van der Waals surface area contributed by atoms with Crippen LogP contribution in [0.2, 0.25) is 5.02 Å². The van der Waals surface area contributed by atoms with Crippen LogP contribution in [0.15, 0.2) is 24.3 Å². The van der Waals surface area contributed by atoms with E-state index in [0.717, 1.165) is 42.9 Å². The molecule has 0 aromatic heterocycles. The van der Waals surface area contributed by atoms with Crippen molar-refractivity contribution in [3.8, 4) is 0 Å². The first kappa shape index (κ1) is 14.4. The number of nitrogens with zero attached hydrogens (tertiary/aromatic N) is 1. The van der Waals surface area contributed by atoms with Gasteiger partial charge < -0.3 is 10.6 Å². The molecule has 1 saturated heterocycles. The molecule has 1 fully saturated rings. The molecule has 0 saturated carbocycles. The van der Waals surface area contributed by atoms with E-state index in [1.54, 1.807) is 0 Å². The van der Waals surface area contributed by atoms with E-state index in [1.165, 1.54) is 0 Å². The van der Waals surface area contributed by atoms with Crippen LogP contribution in [0.5, 0.6) is 0 Å². The Kier molecular flexibility index (Phi) is 5.23. The molecular formula is C15H21ClN2O. The van der Waals surface area contributed by atoms with Crippen molar-refractivity contribution in [2.24, 2.45) is 11.7 Å². The van der Waals surface area contributed by atoms with Gasteiger partial charge in [-0.1, -0.05) is 23.7 Å². The van der Waals surface area contributed by atoms with Gasteiger partial charge in [-0.2, -0.15) is 0 Å². The SMILES string of the molecule is NCC1CCCN(C(=O)CCc2ccc(Cl)cc2)C1. The zero-order valence-corrected chi connectivity index (χ0v) is 11.9. The zero-order valence-electron chi connectivity index (χ0n) is 11.1. The fourth-order valence-electron chi connectivity index (χ4n) is 2.54. The molecule has 3 nitrogen and oxygen atoms in total. The Bertz CT molecular complexity index is 419. The lowest BCUT2D eigenvalue weighted by Crippen LogP contribution is -2.42. The fourth-order valence-corrected chi connectivity index (χ4v) is 2.67. The molecule has 2 rings (SSSR count). The van der Waals surface area contributed by atoms with E-state index in [-0.39, 0.29) is 5.91 Å². The van der Waals surface area contributed by atoms with Gasteiger partial charge in [0.25, 0.3) is 0 Å². The minimum atomic E-state index is 0.244. The predicted molar refractivity (Wildman–Crippen MR) is 78.1 cm³/mol. The third-order valence-corrected chi connectivity index (χ3v) is 4.00. The second-order valence-electron chi connectivity index (χ2n) is 5.21. The summed E-state index contributed by atoms with van der Waals surface area (Å²) in [6, 6.07) is 7.70. The molecule has 2 N–H and O–H groups in total. The summed E-state index contributed by atoms with van der Waals surface area (Å²) in [4.78, 5) is 14.1. The quantitative estimate of drug-likeness (QED) is 0.921. The van der Waals surface area contributed by atoms with E-state index in [0.29, 0.717) is 18.9 Å². The molecule has 1 atom stereocenters. The molecule has 1 aromatic carbocycles. The number of carbonyl (C=O) groups excluding carboxylic acids is 1. The van der Waals surface area contributed by atoms with Gasteiger partial charge in [0, 0.05) is 24.5 Å². The van der Waals surface area contributed by atoms with Gasteiger partial charge >= 0.3 is 0 Å². The van der Waals surface area contributed by atoms with Crippen LogP contribution in [0.25, 0.3) is 0 Å². The van der Waals surface area contributed by atoms with Crippen molar-refractivity contribution in [2.45, 2.75) is 25.7 Å². The number of nitrogens with two attached hydrogens (primary N) is 1. The Hall–Kier alpha value is -1.06. The van der Waals surface area contributed by atoms with E-state index in [9.17, 15) is 4.79 Å². The Balaban J connectivity index is 1.82. The fraction of sp³-hybridized carbons (Fsp3) is 0.533. The zero-order chi connectivity index (χ0) is 13.7. The highest BCUT2D eigenvalue weighted by Gasteiger charge is 2.22. The van der Waals surface area contributed by atoms with E-state index in [2.05, 4.69) is 0 Å². The van der Waals surface area contributed by atoms with Crippen molar-refractivity contribution in [1.82, 2.24) is 4.90 Å². The van der Waals surface area contributed by atoms with Crippen LogP contribution >= 0.6 is 11.6 Å². The second-order valence-corrected chi connectivity index (χ2v) is 5.65. The first-order valence-corrected chi connectivity index (χ1v) is 7.29. The van der Waals surface area contributed by atoms with Gasteiger partial charge in [0.2, 0.25) is 5.91 Å². The third-order valence-electron chi connectivity index (χ3n) is 3.75. The van der Waals surface area contributed by atoms with E-state index in [1.807, 2.05) is 29.2 Å². The van der Waals surface area contributed by atoms with Gasteiger partial charge in [-0.15, -0.1) is 0 Å². The maximum absolute atomic E-state index is 12.2. The lowest BCUT2D eigenvalue weighted by molar-refractivity contribution is -0.132. The molecule has 0 spiro atoms. The van der Waals surface area contributed by atoms with E-state index >= 15 is 0 Å². The Morgan fingerprint density at radius 3 is 2.79 bits per heavy atom. The Labute approximate surface area is 119 Å². The summed E-state index contributed by atoms with van der Waals surface area (Å²) in [6.07, 6.45) is 3.57. The van der Waals surface area contributed by atoms with Crippen molar-refractivity contribution in [3.63, 3.8) is 0 Å². The highest BCUT2D eigenvalue weighted by atomic mass is 35.5. The van der Waals surface area contributed by atoms with Crippen molar-refractivity contribution in [3.05, 3.63) is 34.9 Å².